The third-order valence-corrected chi connectivity index (χ3v) is 2.62. The fourth-order valence-corrected chi connectivity index (χ4v) is 1.46. The third-order valence-electron chi connectivity index (χ3n) is 2.62. The highest BCUT2D eigenvalue weighted by atomic mass is 16.6. The molecule has 6 heteroatoms. The summed E-state index contributed by atoms with van der Waals surface area (Å²) >= 11 is 0. The number of hydrogen-bond donors (Lipinski definition) is 1. The molecule has 2 unspecified atom stereocenters. The lowest BCUT2D eigenvalue weighted by molar-refractivity contribution is -0.384. The minimum absolute atomic E-state index is 0.141. The molecule has 1 aromatic heterocycles. The van der Waals surface area contributed by atoms with E-state index in [4.69, 9.17) is 5.26 Å². The molecule has 2 rings (SSSR count). The number of pyridine rings is 1. The number of rotatable bonds is 3. The molecule has 1 saturated carbocycles. The van der Waals surface area contributed by atoms with Gasteiger partial charge in [-0.1, -0.05) is 6.92 Å². The van der Waals surface area contributed by atoms with E-state index >= 15 is 0 Å². The minimum Gasteiger partial charge on any atom is -0.361 e. The average Bonchev–Trinajstić information content (AvgIpc) is 2.94. The highest BCUT2D eigenvalue weighted by molar-refractivity contribution is 5.59. The summed E-state index contributed by atoms with van der Waals surface area (Å²) in [7, 11) is 0. The average molecular weight is 218 g/mol. The van der Waals surface area contributed by atoms with E-state index in [1.807, 2.05) is 6.07 Å². The first-order valence-electron chi connectivity index (χ1n) is 4.93. The first-order chi connectivity index (χ1) is 7.61. The van der Waals surface area contributed by atoms with Crippen molar-refractivity contribution in [1.82, 2.24) is 4.98 Å². The molecule has 1 heterocycles. The smallest absolute Gasteiger partial charge is 0.312 e. The van der Waals surface area contributed by atoms with Crippen molar-refractivity contribution in [3.05, 3.63) is 27.9 Å². The molecule has 1 fully saturated rings. The molecule has 2 atom stereocenters. The number of nitrogens with one attached hydrogen (secondary N) is 1. The summed E-state index contributed by atoms with van der Waals surface area (Å²) in [6.07, 6.45) is 2.33. The molecule has 1 N–H and O–H groups in total. The van der Waals surface area contributed by atoms with Crippen molar-refractivity contribution >= 4 is 11.5 Å². The van der Waals surface area contributed by atoms with E-state index in [1.54, 1.807) is 0 Å². The van der Waals surface area contributed by atoms with E-state index in [9.17, 15) is 10.1 Å². The molecule has 0 spiro atoms. The highest BCUT2D eigenvalue weighted by Gasteiger charge is 2.34. The standard InChI is InChI=1S/C10H10N4O2/c1-6-2-8(6)13-10-9(14(15)16)3-7(4-11)5-12-10/h3,5-6,8H,2H2,1H3,(H,12,13). The van der Waals surface area contributed by atoms with Crippen LogP contribution in [0.2, 0.25) is 0 Å². The van der Waals surface area contributed by atoms with Crippen LogP contribution in [-0.2, 0) is 0 Å². The molecule has 1 aromatic rings. The van der Waals surface area contributed by atoms with Gasteiger partial charge in [-0.3, -0.25) is 10.1 Å². The number of aromatic nitrogens is 1. The molecule has 16 heavy (non-hydrogen) atoms. The summed E-state index contributed by atoms with van der Waals surface area (Å²) in [4.78, 5) is 14.2. The minimum atomic E-state index is -0.525. The Labute approximate surface area is 92.1 Å². The van der Waals surface area contributed by atoms with E-state index in [1.165, 1.54) is 12.3 Å². The lowest BCUT2D eigenvalue weighted by Gasteiger charge is -2.04. The van der Waals surface area contributed by atoms with Crippen LogP contribution in [0, 0.1) is 27.4 Å². The van der Waals surface area contributed by atoms with Crippen LogP contribution in [0.25, 0.3) is 0 Å². The Hall–Kier alpha value is -2.16. The Morgan fingerprint density at radius 3 is 2.94 bits per heavy atom. The topological polar surface area (TPSA) is 91.8 Å². The largest absolute Gasteiger partial charge is 0.361 e. The Balaban J connectivity index is 2.29. The van der Waals surface area contributed by atoms with Crippen LogP contribution in [-0.4, -0.2) is 15.9 Å². The van der Waals surface area contributed by atoms with Gasteiger partial charge in [0.1, 0.15) is 6.07 Å². The molecule has 82 valence electrons. The van der Waals surface area contributed by atoms with Crippen molar-refractivity contribution in [1.29, 1.82) is 5.26 Å². The van der Waals surface area contributed by atoms with Gasteiger partial charge in [0.05, 0.1) is 10.5 Å². The lowest BCUT2D eigenvalue weighted by Crippen LogP contribution is -2.08. The van der Waals surface area contributed by atoms with Crippen molar-refractivity contribution in [3.63, 3.8) is 0 Å². The second-order valence-electron chi connectivity index (χ2n) is 3.92. The van der Waals surface area contributed by atoms with Gasteiger partial charge in [-0.25, -0.2) is 4.98 Å². The van der Waals surface area contributed by atoms with E-state index in [0.717, 1.165) is 6.42 Å². The number of nitriles is 1. The van der Waals surface area contributed by atoms with Gasteiger partial charge in [0.25, 0.3) is 0 Å². The zero-order chi connectivity index (χ0) is 11.7. The molecule has 0 amide bonds. The molecule has 1 aliphatic carbocycles. The zero-order valence-electron chi connectivity index (χ0n) is 8.67. The summed E-state index contributed by atoms with van der Waals surface area (Å²) in [5.74, 6) is 0.774. The number of nitrogens with zero attached hydrogens (tertiary/aromatic N) is 3. The number of hydrogen-bond acceptors (Lipinski definition) is 5. The highest BCUT2D eigenvalue weighted by Crippen LogP contribution is 2.34. The van der Waals surface area contributed by atoms with Crippen molar-refractivity contribution in [2.24, 2.45) is 5.92 Å². The quantitative estimate of drug-likeness (QED) is 0.615. The van der Waals surface area contributed by atoms with Gasteiger partial charge in [0.15, 0.2) is 0 Å². The summed E-state index contributed by atoms with van der Waals surface area (Å²) in [5.41, 5.74) is 0.0549. The van der Waals surface area contributed by atoms with Gasteiger partial charge < -0.3 is 5.32 Å². The van der Waals surface area contributed by atoms with Crippen LogP contribution >= 0.6 is 0 Å². The van der Waals surface area contributed by atoms with Crippen LogP contribution in [0.1, 0.15) is 18.9 Å². The van der Waals surface area contributed by atoms with E-state index < -0.39 is 4.92 Å². The van der Waals surface area contributed by atoms with Crippen molar-refractivity contribution in [2.45, 2.75) is 19.4 Å². The molecule has 0 bridgehead atoms. The predicted octanol–water partition coefficient (Wildman–Crippen LogP) is 1.68. The van der Waals surface area contributed by atoms with Gasteiger partial charge in [-0.15, -0.1) is 0 Å². The van der Waals surface area contributed by atoms with Gasteiger partial charge in [-0.05, 0) is 12.3 Å². The first kappa shape index (κ1) is 10.4. The van der Waals surface area contributed by atoms with Crippen molar-refractivity contribution < 1.29 is 4.92 Å². The first-order valence-corrected chi connectivity index (χ1v) is 4.93. The van der Waals surface area contributed by atoms with E-state index in [-0.39, 0.29) is 23.1 Å². The van der Waals surface area contributed by atoms with Crippen LogP contribution in [0.5, 0.6) is 0 Å². The fourth-order valence-electron chi connectivity index (χ4n) is 1.46. The Morgan fingerprint density at radius 1 is 1.75 bits per heavy atom. The van der Waals surface area contributed by atoms with Crippen LogP contribution in [0.3, 0.4) is 0 Å². The summed E-state index contributed by atoms with van der Waals surface area (Å²) < 4.78 is 0. The second-order valence-corrected chi connectivity index (χ2v) is 3.92. The molecule has 6 nitrogen and oxygen atoms in total. The summed E-state index contributed by atoms with van der Waals surface area (Å²) in [5, 5.41) is 22.4. The molecule has 0 saturated heterocycles. The van der Waals surface area contributed by atoms with Gasteiger partial charge >= 0.3 is 5.69 Å². The maximum absolute atomic E-state index is 10.8. The second kappa shape index (κ2) is 3.77. The van der Waals surface area contributed by atoms with Crippen molar-refractivity contribution in [3.8, 4) is 6.07 Å². The summed E-state index contributed by atoms with van der Waals surface area (Å²) in [6.45, 7) is 2.06. The molecule has 1 aliphatic rings. The fraction of sp³-hybridized carbons (Fsp3) is 0.400. The van der Waals surface area contributed by atoms with Crippen LogP contribution in [0.4, 0.5) is 11.5 Å². The van der Waals surface area contributed by atoms with Crippen molar-refractivity contribution in [2.75, 3.05) is 5.32 Å². The zero-order valence-corrected chi connectivity index (χ0v) is 8.67. The molecule has 0 aliphatic heterocycles. The Morgan fingerprint density at radius 2 is 2.44 bits per heavy atom. The molecular weight excluding hydrogens is 208 g/mol. The Kier molecular flexibility index (Phi) is 2.44. The normalized spacial score (nSPS) is 22.2. The van der Waals surface area contributed by atoms with Gasteiger partial charge in [0.2, 0.25) is 5.82 Å². The molecular formula is C10H10N4O2. The maximum atomic E-state index is 10.8. The van der Waals surface area contributed by atoms with Gasteiger partial charge in [-0.2, -0.15) is 5.26 Å². The predicted molar refractivity (Wildman–Crippen MR) is 56.8 cm³/mol. The monoisotopic (exact) mass is 218 g/mol. The number of anilines is 1. The third kappa shape index (κ3) is 1.93. The summed E-state index contributed by atoms with van der Waals surface area (Å²) in [6, 6.07) is 3.33. The lowest BCUT2D eigenvalue weighted by atomic mass is 10.2. The van der Waals surface area contributed by atoms with Gasteiger partial charge in [0, 0.05) is 18.3 Å². The van der Waals surface area contributed by atoms with E-state index in [0.29, 0.717) is 5.92 Å². The van der Waals surface area contributed by atoms with E-state index in [2.05, 4.69) is 17.2 Å². The maximum Gasteiger partial charge on any atom is 0.312 e. The molecule has 0 radical (unpaired) electrons. The van der Waals surface area contributed by atoms with Crippen LogP contribution in [0.15, 0.2) is 12.3 Å². The van der Waals surface area contributed by atoms with Crippen LogP contribution < -0.4 is 5.32 Å². The molecule has 0 aromatic carbocycles. The Bertz CT molecular complexity index is 480. The number of nitro groups is 1. The SMILES string of the molecule is CC1CC1Nc1ncc(C#N)cc1[N+](=O)[O-].